The topological polar surface area (TPSA) is 9.23 Å². The monoisotopic (exact) mass is 864 g/mol. The van der Waals surface area contributed by atoms with Gasteiger partial charge in [0.1, 0.15) is 5.75 Å². The quantitative estimate of drug-likeness (QED) is 0.0998. The second kappa shape index (κ2) is 12.9. The van der Waals surface area contributed by atoms with Crippen molar-refractivity contribution in [3.8, 4) is 5.75 Å². The highest BCUT2D eigenvalue weighted by atomic mass is 127. The second-order valence-electron chi connectivity index (χ2n) is 5.22. The van der Waals surface area contributed by atoms with Crippen LogP contribution in [0.2, 0.25) is 0 Å². The summed E-state index contributed by atoms with van der Waals surface area (Å²) in [7, 11) is 0. The van der Waals surface area contributed by atoms with Crippen molar-refractivity contribution in [3.63, 3.8) is 0 Å². The molecule has 0 saturated carbocycles. The van der Waals surface area contributed by atoms with E-state index in [9.17, 15) is 0 Å². The van der Waals surface area contributed by atoms with Gasteiger partial charge in [-0.1, -0.05) is 51.9 Å². The average Bonchev–Trinajstić information content (AvgIpc) is 2.52. The molecule has 1 aromatic rings. The molecule has 0 radical (unpaired) electrons. The van der Waals surface area contributed by atoms with Crippen molar-refractivity contribution >= 4 is 113 Å². The molecule has 0 N–H and O–H groups in total. The lowest BCUT2D eigenvalue weighted by atomic mass is 10.1. The van der Waals surface area contributed by atoms with Gasteiger partial charge in [0.05, 0.1) is 13.7 Å². The Hall–Kier alpha value is 2.67. The van der Waals surface area contributed by atoms with Crippen LogP contribution in [0.15, 0.2) is 0 Å². The molecule has 0 heterocycles. The van der Waals surface area contributed by atoms with Crippen LogP contribution in [0.4, 0.5) is 0 Å². The van der Waals surface area contributed by atoms with Crippen molar-refractivity contribution in [2.75, 3.05) is 6.61 Å². The minimum Gasteiger partial charge on any atom is -0.491 e. The first-order valence-electron chi connectivity index (χ1n) is 7.64. The molecule has 0 unspecified atom stereocenters. The Morgan fingerprint density at radius 1 is 0.591 bits per heavy atom. The first-order valence-corrected chi connectivity index (χ1v) is 13.0. The molecule has 126 valence electrons. The maximum Gasteiger partial charge on any atom is 0.148 e. The van der Waals surface area contributed by atoms with E-state index in [1.807, 2.05) is 0 Å². The summed E-state index contributed by atoms with van der Waals surface area (Å²) in [4.78, 5) is 0. The summed E-state index contributed by atoms with van der Waals surface area (Å²) >= 11 is 12.1. The molecule has 1 rings (SSSR count). The molecular formula is C16H21I5O. The van der Waals surface area contributed by atoms with Crippen LogP contribution >= 0.6 is 113 Å². The van der Waals surface area contributed by atoms with Gasteiger partial charge in [-0.25, -0.2) is 0 Å². The fraction of sp³-hybridized carbons (Fsp3) is 0.625. The zero-order valence-corrected chi connectivity index (χ0v) is 23.4. The molecular weight excluding hydrogens is 843 g/mol. The summed E-state index contributed by atoms with van der Waals surface area (Å²) in [6.07, 6.45) is 10.7. The van der Waals surface area contributed by atoms with Gasteiger partial charge in [0.2, 0.25) is 0 Å². The lowest BCUT2D eigenvalue weighted by Gasteiger charge is -2.15. The summed E-state index contributed by atoms with van der Waals surface area (Å²) in [6.45, 7) is 3.11. The number of rotatable bonds is 10. The van der Waals surface area contributed by atoms with E-state index in [0.717, 1.165) is 12.4 Å². The molecule has 0 aromatic heterocycles. The van der Waals surface area contributed by atoms with Gasteiger partial charge in [0.15, 0.2) is 0 Å². The van der Waals surface area contributed by atoms with E-state index >= 15 is 0 Å². The lowest BCUT2D eigenvalue weighted by molar-refractivity contribution is 0.299. The van der Waals surface area contributed by atoms with E-state index in [4.69, 9.17) is 4.74 Å². The molecule has 0 fully saturated rings. The molecule has 0 spiro atoms. The number of hydrogen-bond acceptors (Lipinski definition) is 1. The second-order valence-corrected chi connectivity index (χ2v) is 10.6. The van der Waals surface area contributed by atoms with Crippen LogP contribution in [-0.4, -0.2) is 6.61 Å². The van der Waals surface area contributed by atoms with Crippen LogP contribution in [0, 0.1) is 17.9 Å². The number of benzene rings is 1. The Balaban J connectivity index is 2.34. The molecule has 1 aromatic carbocycles. The zero-order chi connectivity index (χ0) is 16.5. The Morgan fingerprint density at radius 3 is 1.50 bits per heavy atom. The fourth-order valence-corrected chi connectivity index (χ4v) is 7.14. The van der Waals surface area contributed by atoms with Gasteiger partial charge in [-0.15, -0.1) is 0 Å². The van der Waals surface area contributed by atoms with E-state index in [0.29, 0.717) is 0 Å². The minimum absolute atomic E-state index is 0.841. The molecule has 0 saturated heterocycles. The molecule has 0 aliphatic rings. The highest BCUT2D eigenvalue weighted by molar-refractivity contribution is 14.1. The third-order valence-corrected chi connectivity index (χ3v) is 12.8. The zero-order valence-electron chi connectivity index (χ0n) is 12.7. The summed E-state index contributed by atoms with van der Waals surface area (Å²) in [5, 5.41) is 0. The highest BCUT2D eigenvalue weighted by Crippen LogP contribution is 2.38. The van der Waals surface area contributed by atoms with Crippen LogP contribution in [0.25, 0.3) is 0 Å². The molecule has 6 heteroatoms. The van der Waals surface area contributed by atoms with Crippen LogP contribution in [0.1, 0.15) is 58.3 Å². The van der Waals surface area contributed by atoms with Gasteiger partial charge in [-0.2, -0.15) is 0 Å². The third-order valence-electron chi connectivity index (χ3n) is 3.41. The molecule has 0 aliphatic carbocycles. The molecule has 0 aliphatic heterocycles. The number of hydrogen-bond donors (Lipinski definition) is 0. The standard InChI is InChI=1S/C16H21I5O/c1-2-3-4-5-6-7-8-9-10-22-16-14(20)12(18)11(17)13(19)15(16)21/h2-10H2,1H3. The summed E-state index contributed by atoms with van der Waals surface area (Å²) < 4.78 is 12.6. The molecule has 0 bridgehead atoms. The van der Waals surface area contributed by atoms with Gasteiger partial charge in [-0.05, 0) is 119 Å². The Labute approximate surface area is 203 Å². The Morgan fingerprint density at radius 2 is 1.00 bits per heavy atom. The average molecular weight is 864 g/mol. The minimum atomic E-state index is 0.841. The van der Waals surface area contributed by atoms with Crippen molar-refractivity contribution in [2.24, 2.45) is 0 Å². The van der Waals surface area contributed by atoms with Gasteiger partial charge < -0.3 is 4.74 Å². The van der Waals surface area contributed by atoms with Crippen LogP contribution in [-0.2, 0) is 0 Å². The Bertz CT molecular complexity index is 447. The third kappa shape index (κ3) is 7.50. The van der Waals surface area contributed by atoms with Gasteiger partial charge >= 0.3 is 0 Å². The van der Waals surface area contributed by atoms with Crippen LogP contribution < -0.4 is 4.74 Å². The van der Waals surface area contributed by atoms with Gasteiger partial charge in [0.25, 0.3) is 0 Å². The van der Waals surface area contributed by atoms with E-state index in [-0.39, 0.29) is 0 Å². The van der Waals surface area contributed by atoms with Crippen molar-refractivity contribution in [1.29, 1.82) is 0 Å². The first-order chi connectivity index (χ1) is 10.5. The highest BCUT2D eigenvalue weighted by Gasteiger charge is 2.18. The number of unbranched alkanes of at least 4 members (excludes halogenated alkanes) is 7. The summed E-state index contributed by atoms with van der Waals surface area (Å²) in [6, 6.07) is 0. The summed E-state index contributed by atoms with van der Waals surface area (Å²) in [5.41, 5.74) is 0. The molecule has 22 heavy (non-hydrogen) atoms. The van der Waals surface area contributed by atoms with Crippen molar-refractivity contribution in [3.05, 3.63) is 17.9 Å². The van der Waals surface area contributed by atoms with E-state index < -0.39 is 0 Å². The number of halogens is 5. The Kier molecular flexibility index (Phi) is 13.3. The predicted octanol–water partition coefficient (Wildman–Crippen LogP) is 8.23. The van der Waals surface area contributed by atoms with Gasteiger partial charge in [-0.3, -0.25) is 0 Å². The fourth-order valence-electron chi connectivity index (χ4n) is 2.12. The molecule has 0 amide bonds. The van der Waals surface area contributed by atoms with E-state index in [1.54, 1.807) is 0 Å². The van der Waals surface area contributed by atoms with E-state index in [2.05, 4.69) is 120 Å². The predicted molar refractivity (Wildman–Crippen MR) is 138 cm³/mol. The van der Waals surface area contributed by atoms with E-state index in [1.165, 1.54) is 69.2 Å². The SMILES string of the molecule is CCCCCCCCCCOc1c(I)c(I)c(I)c(I)c1I. The normalized spacial score (nSPS) is 11.0. The maximum absolute atomic E-state index is 6.10. The van der Waals surface area contributed by atoms with Crippen molar-refractivity contribution in [2.45, 2.75) is 58.3 Å². The van der Waals surface area contributed by atoms with Gasteiger partial charge in [0, 0.05) is 10.7 Å². The van der Waals surface area contributed by atoms with Crippen LogP contribution in [0.3, 0.4) is 0 Å². The van der Waals surface area contributed by atoms with Crippen LogP contribution in [0.5, 0.6) is 5.75 Å². The summed E-state index contributed by atoms with van der Waals surface area (Å²) in [5.74, 6) is 1.08. The van der Waals surface area contributed by atoms with Crippen molar-refractivity contribution < 1.29 is 4.74 Å². The maximum atomic E-state index is 6.10. The molecule has 1 nitrogen and oxygen atoms in total. The largest absolute Gasteiger partial charge is 0.491 e. The first kappa shape index (κ1) is 22.7. The van der Waals surface area contributed by atoms with Crippen molar-refractivity contribution in [1.82, 2.24) is 0 Å². The lowest BCUT2D eigenvalue weighted by Crippen LogP contribution is -2.05. The smallest absolute Gasteiger partial charge is 0.148 e. The number of ether oxygens (including phenoxy) is 1. The molecule has 0 atom stereocenters.